The molecule has 2 aromatic carbocycles. The van der Waals surface area contributed by atoms with Crippen LogP contribution in [0.5, 0.6) is 0 Å². The maximum absolute atomic E-state index is 13.5. The SMILES string of the molecule is CCc1ccc(C2(CCOS(C)(=O)=O)CCCNC(C(=O)Cc3cc(C(F)(F)F)cc(C(F)(F)F)c3)C2)cc1CC. The van der Waals surface area contributed by atoms with Gasteiger partial charge < -0.3 is 5.32 Å². The summed E-state index contributed by atoms with van der Waals surface area (Å²) in [5, 5.41) is 3.12. The van der Waals surface area contributed by atoms with Crippen molar-refractivity contribution >= 4 is 15.9 Å². The van der Waals surface area contributed by atoms with Gasteiger partial charge in [-0.15, -0.1) is 0 Å². The van der Waals surface area contributed by atoms with Gasteiger partial charge in [0.1, 0.15) is 0 Å². The van der Waals surface area contributed by atoms with Crippen molar-refractivity contribution in [2.24, 2.45) is 0 Å². The van der Waals surface area contributed by atoms with Crippen LogP contribution < -0.4 is 5.32 Å². The van der Waals surface area contributed by atoms with Gasteiger partial charge >= 0.3 is 12.4 Å². The topological polar surface area (TPSA) is 72.5 Å². The van der Waals surface area contributed by atoms with E-state index in [4.69, 9.17) is 4.18 Å². The standard InChI is InChI=1S/C29H35F6NO4S/c1-4-20-7-8-22(16-21(20)5-2)27(10-12-40-41(3,38)39)9-6-11-36-25(18-27)26(37)15-19-13-23(28(30,31)32)17-24(14-19)29(33,34)35/h7-8,13-14,16-17,25,36H,4-6,9-12,15,18H2,1-3H3. The summed E-state index contributed by atoms with van der Waals surface area (Å²) in [6.07, 6.45) is -6.54. The summed E-state index contributed by atoms with van der Waals surface area (Å²) >= 11 is 0. The average Bonchev–Trinajstić information content (AvgIpc) is 3.10. The van der Waals surface area contributed by atoms with Gasteiger partial charge in [-0.05, 0) is 90.9 Å². The van der Waals surface area contributed by atoms with E-state index >= 15 is 0 Å². The number of carbonyl (C=O) groups excluding carboxylic acids is 1. The Balaban J connectivity index is 1.99. The van der Waals surface area contributed by atoms with Crippen molar-refractivity contribution in [1.82, 2.24) is 5.32 Å². The molecule has 0 aliphatic carbocycles. The van der Waals surface area contributed by atoms with E-state index in [0.717, 1.165) is 35.8 Å². The van der Waals surface area contributed by atoms with Gasteiger partial charge in [0, 0.05) is 6.42 Å². The van der Waals surface area contributed by atoms with E-state index in [-0.39, 0.29) is 31.1 Å². The predicted molar refractivity (Wildman–Crippen MR) is 143 cm³/mol. The molecule has 2 atom stereocenters. The molecule has 1 aliphatic rings. The summed E-state index contributed by atoms with van der Waals surface area (Å²) in [6, 6.07) is 6.32. The van der Waals surface area contributed by atoms with Crippen LogP contribution in [0.4, 0.5) is 26.3 Å². The Bertz CT molecular complexity index is 1310. The van der Waals surface area contributed by atoms with Crippen molar-refractivity contribution in [1.29, 1.82) is 0 Å². The molecule has 12 heteroatoms. The Kier molecular flexibility index (Phi) is 10.3. The van der Waals surface area contributed by atoms with Crippen LogP contribution in [-0.4, -0.2) is 39.7 Å². The number of nitrogens with one attached hydrogen (secondary N) is 1. The number of rotatable bonds is 10. The average molecular weight is 608 g/mol. The molecule has 41 heavy (non-hydrogen) atoms. The number of halogens is 6. The van der Waals surface area contributed by atoms with Crippen LogP contribution in [0.15, 0.2) is 36.4 Å². The lowest BCUT2D eigenvalue weighted by molar-refractivity contribution is -0.143. The molecule has 1 N–H and O–H groups in total. The number of ketones is 1. The van der Waals surface area contributed by atoms with E-state index in [2.05, 4.69) is 11.4 Å². The fourth-order valence-electron chi connectivity index (χ4n) is 5.59. The number of carbonyl (C=O) groups is 1. The van der Waals surface area contributed by atoms with Gasteiger partial charge in [-0.1, -0.05) is 32.0 Å². The quantitative estimate of drug-likeness (QED) is 0.250. The Labute approximate surface area is 236 Å². The number of alkyl halides is 6. The second kappa shape index (κ2) is 12.8. The van der Waals surface area contributed by atoms with E-state index in [1.807, 2.05) is 26.0 Å². The van der Waals surface area contributed by atoms with E-state index in [1.165, 1.54) is 0 Å². The molecule has 3 rings (SSSR count). The number of benzene rings is 2. The Hall–Kier alpha value is -2.44. The van der Waals surface area contributed by atoms with E-state index in [9.17, 15) is 39.6 Å². The van der Waals surface area contributed by atoms with Crippen molar-refractivity contribution in [2.45, 2.75) is 82.6 Å². The van der Waals surface area contributed by atoms with E-state index < -0.39 is 57.3 Å². The summed E-state index contributed by atoms with van der Waals surface area (Å²) in [5.41, 5.74) is -0.882. The maximum atomic E-state index is 13.5. The highest BCUT2D eigenvalue weighted by atomic mass is 32.2. The molecule has 1 aliphatic heterocycles. The molecule has 0 spiro atoms. The summed E-state index contributed by atoms with van der Waals surface area (Å²) in [6.45, 7) is 4.31. The zero-order valence-corrected chi connectivity index (χ0v) is 24.0. The van der Waals surface area contributed by atoms with Crippen molar-refractivity contribution < 1.29 is 43.7 Å². The third-order valence-electron chi connectivity index (χ3n) is 7.69. The lowest BCUT2D eigenvalue weighted by Gasteiger charge is -2.36. The monoisotopic (exact) mass is 607 g/mol. The van der Waals surface area contributed by atoms with Crippen LogP contribution in [0, 0.1) is 0 Å². The summed E-state index contributed by atoms with van der Waals surface area (Å²) < 4.78 is 109. The van der Waals surface area contributed by atoms with Gasteiger partial charge in [-0.2, -0.15) is 34.8 Å². The molecule has 228 valence electrons. The minimum atomic E-state index is -5.02. The number of hydrogen-bond donors (Lipinski definition) is 1. The van der Waals surface area contributed by atoms with Gasteiger partial charge in [-0.25, -0.2) is 0 Å². The summed E-state index contributed by atoms with van der Waals surface area (Å²) in [7, 11) is -3.74. The maximum Gasteiger partial charge on any atom is 0.416 e. The van der Waals surface area contributed by atoms with Crippen LogP contribution in [0.1, 0.15) is 72.9 Å². The van der Waals surface area contributed by atoms with Crippen LogP contribution in [0.25, 0.3) is 0 Å². The fraction of sp³-hybridized carbons (Fsp3) is 0.552. The fourth-order valence-corrected chi connectivity index (χ4v) is 5.98. The third-order valence-corrected chi connectivity index (χ3v) is 8.29. The van der Waals surface area contributed by atoms with E-state index in [0.29, 0.717) is 31.5 Å². The smallest absolute Gasteiger partial charge is 0.307 e. The number of aryl methyl sites for hydroxylation is 2. The third kappa shape index (κ3) is 8.78. The van der Waals surface area contributed by atoms with Crippen molar-refractivity contribution in [3.63, 3.8) is 0 Å². The second-order valence-electron chi connectivity index (χ2n) is 10.6. The highest BCUT2D eigenvalue weighted by Crippen LogP contribution is 2.41. The number of Topliss-reactive ketones (excluding diaryl/α,β-unsaturated/α-hetero) is 1. The number of hydrogen-bond acceptors (Lipinski definition) is 5. The van der Waals surface area contributed by atoms with Crippen LogP contribution in [0.3, 0.4) is 0 Å². The molecular formula is C29H35F6NO4S. The van der Waals surface area contributed by atoms with Crippen LogP contribution in [-0.2, 0) is 56.1 Å². The summed E-state index contributed by atoms with van der Waals surface area (Å²) in [5.74, 6) is -0.548. The minimum absolute atomic E-state index is 0.0377. The molecule has 0 amide bonds. The normalized spacial score (nSPS) is 20.6. The first kappa shape index (κ1) is 33.1. The molecule has 0 aromatic heterocycles. The van der Waals surface area contributed by atoms with Crippen molar-refractivity contribution in [3.8, 4) is 0 Å². The van der Waals surface area contributed by atoms with E-state index in [1.54, 1.807) is 0 Å². The zero-order valence-electron chi connectivity index (χ0n) is 23.2. The molecule has 1 saturated heterocycles. The Morgan fingerprint density at radius 2 is 1.59 bits per heavy atom. The minimum Gasteiger partial charge on any atom is -0.307 e. The molecule has 5 nitrogen and oxygen atoms in total. The molecule has 2 aromatic rings. The highest BCUT2D eigenvalue weighted by molar-refractivity contribution is 7.85. The summed E-state index contributed by atoms with van der Waals surface area (Å²) in [4.78, 5) is 13.5. The first-order chi connectivity index (χ1) is 19.0. The Morgan fingerprint density at radius 1 is 0.976 bits per heavy atom. The van der Waals surface area contributed by atoms with Crippen LogP contribution in [0.2, 0.25) is 0 Å². The predicted octanol–water partition coefficient (Wildman–Crippen LogP) is 6.41. The van der Waals surface area contributed by atoms with Gasteiger partial charge in [0.2, 0.25) is 0 Å². The first-order valence-corrected chi connectivity index (χ1v) is 15.3. The van der Waals surface area contributed by atoms with Gasteiger partial charge in [0.15, 0.2) is 5.78 Å². The zero-order chi connectivity index (χ0) is 30.6. The molecule has 1 fully saturated rings. The van der Waals surface area contributed by atoms with Gasteiger partial charge in [0.05, 0.1) is 30.0 Å². The largest absolute Gasteiger partial charge is 0.416 e. The molecular weight excluding hydrogens is 572 g/mol. The molecule has 0 radical (unpaired) electrons. The highest BCUT2D eigenvalue weighted by Gasteiger charge is 2.40. The van der Waals surface area contributed by atoms with Crippen molar-refractivity contribution in [2.75, 3.05) is 19.4 Å². The molecule has 0 bridgehead atoms. The Morgan fingerprint density at radius 3 is 2.12 bits per heavy atom. The van der Waals surface area contributed by atoms with Crippen molar-refractivity contribution in [3.05, 3.63) is 69.8 Å². The van der Waals surface area contributed by atoms with Gasteiger partial charge in [0.25, 0.3) is 10.1 Å². The van der Waals surface area contributed by atoms with Crippen LogP contribution >= 0.6 is 0 Å². The molecule has 0 saturated carbocycles. The molecule has 1 heterocycles. The first-order valence-electron chi connectivity index (χ1n) is 13.5. The molecule has 2 unspecified atom stereocenters. The lowest BCUT2D eigenvalue weighted by atomic mass is 9.69. The van der Waals surface area contributed by atoms with Gasteiger partial charge in [-0.3, -0.25) is 8.98 Å². The second-order valence-corrected chi connectivity index (χ2v) is 12.3. The lowest BCUT2D eigenvalue weighted by Crippen LogP contribution is -2.42.